The molecule has 1 heterocycles. The molecule has 0 bridgehead atoms. The van der Waals surface area contributed by atoms with Gasteiger partial charge in [0.1, 0.15) is 11.0 Å². The zero-order valence-corrected chi connectivity index (χ0v) is 12.9. The first-order valence-corrected chi connectivity index (χ1v) is 9.51. The van der Waals surface area contributed by atoms with Gasteiger partial charge in [-0.2, -0.15) is 0 Å². The van der Waals surface area contributed by atoms with Crippen LogP contribution in [-0.4, -0.2) is 29.6 Å². The van der Waals surface area contributed by atoms with E-state index in [1.165, 1.54) is 24.5 Å². The second-order valence-corrected chi connectivity index (χ2v) is 8.45. The molecule has 1 N–H and O–H groups in total. The molecule has 1 aromatic carbocycles. The minimum Gasteiger partial charge on any atom is -0.468 e. The molecule has 6 nitrogen and oxygen atoms in total. The molecule has 0 amide bonds. The van der Waals surface area contributed by atoms with E-state index in [-0.39, 0.29) is 17.2 Å². The van der Waals surface area contributed by atoms with Gasteiger partial charge in [-0.15, -0.1) is 0 Å². The van der Waals surface area contributed by atoms with Gasteiger partial charge >= 0.3 is 0 Å². The van der Waals surface area contributed by atoms with Crippen molar-refractivity contribution in [2.45, 2.75) is 10.1 Å². The van der Waals surface area contributed by atoms with Crippen LogP contribution in [0, 0.1) is 0 Å². The first-order valence-electron chi connectivity index (χ1n) is 6.08. The summed E-state index contributed by atoms with van der Waals surface area (Å²) in [5.41, 5.74) is 0. The van der Waals surface area contributed by atoms with Crippen molar-refractivity contribution in [1.82, 2.24) is 4.72 Å². The molecule has 0 aliphatic rings. The summed E-state index contributed by atoms with van der Waals surface area (Å²) in [5.74, 6) is 0.190. The number of hydrogen-bond donors (Lipinski definition) is 1. The third kappa shape index (κ3) is 3.93. The lowest BCUT2D eigenvalue weighted by atomic mass is 10.3. The molecule has 0 aliphatic carbocycles. The van der Waals surface area contributed by atoms with Gasteiger partial charge in [0.2, 0.25) is 10.0 Å². The summed E-state index contributed by atoms with van der Waals surface area (Å²) in [7, 11) is -7.28. The van der Waals surface area contributed by atoms with E-state index in [0.717, 1.165) is 6.26 Å². The van der Waals surface area contributed by atoms with E-state index < -0.39 is 25.1 Å². The summed E-state index contributed by atoms with van der Waals surface area (Å²) in [6, 6.07) is 10.9. The monoisotopic (exact) mass is 329 g/mol. The van der Waals surface area contributed by atoms with Crippen LogP contribution in [0.4, 0.5) is 0 Å². The van der Waals surface area contributed by atoms with Crippen LogP contribution in [-0.2, 0) is 19.9 Å². The van der Waals surface area contributed by atoms with Gasteiger partial charge in [-0.1, -0.05) is 18.2 Å². The normalized spacial score (nSPS) is 14.0. The lowest BCUT2D eigenvalue weighted by molar-refractivity contribution is 0.487. The Balaban J connectivity index is 2.40. The van der Waals surface area contributed by atoms with Crippen LogP contribution in [0.25, 0.3) is 0 Å². The van der Waals surface area contributed by atoms with Crippen LogP contribution in [0.1, 0.15) is 11.0 Å². The van der Waals surface area contributed by atoms with Crippen molar-refractivity contribution in [1.29, 1.82) is 0 Å². The van der Waals surface area contributed by atoms with Gasteiger partial charge < -0.3 is 4.42 Å². The third-order valence-corrected chi connectivity index (χ3v) is 5.61. The Morgan fingerprint density at radius 2 is 1.71 bits per heavy atom. The average Bonchev–Trinajstić information content (AvgIpc) is 2.92. The quantitative estimate of drug-likeness (QED) is 0.863. The van der Waals surface area contributed by atoms with Gasteiger partial charge in [0.15, 0.2) is 9.84 Å². The van der Waals surface area contributed by atoms with Crippen molar-refractivity contribution in [3.05, 3.63) is 54.5 Å². The van der Waals surface area contributed by atoms with Gasteiger partial charge in [0.25, 0.3) is 0 Å². The molecule has 0 unspecified atom stereocenters. The van der Waals surface area contributed by atoms with Crippen molar-refractivity contribution >= 4 is 19.9 Å². The third-order valence-electron chi connectivity index (χ3n) is 2.84. The lowest BCUT2D eigenvalue weighted by Crippen LogP contribution is -2.31. The molecule has 114 valence electrons. The maximum absolute atomic E-state index is 12.7. The van der Waals surface area contributed by atoms with Crippen LogP contribution in [0.5, 0.6) is 0 Å². The number of rotatable bonds is 6. The number of hydrogen-bond acceptors (Lipinski definition) is 5. The van der Waals surface area contributed by atoms with Crippen LogP contribution >= 0.6 is 0 Å². The molecule has 0 aliphatic heterocycles. The maximum atomic E-state index is 12.7. The van der Waals surface area contributed by atoms with E-state index in [4.69, 9.17) is 4.42 Å². The van der Waals surface area contributed by atoms with E-state index in [1.54, 1.807) is 24.3 Å². The number of benzene rings is 1. The van der Waals surface area contributed by atoms with Crippen LogP contribution in [0.2, 0.25) is 0 Å². The minimum atomic E-state index is -3.77. The summed E-state index contributed by atoms with van der Waals surface area (Å²) in [4.78, 5) is 0.113. The summed E-state index contributed by atoms with van der Waals surface area (Å²) < 4.78 is 55.1. The molecular weight excluding hydrogens is 314 g/mol. The number of sulfone groups is 1. The summed E-state index contributed by atoms with van der Waals surface area (Å²) >= 11 is 0. The van der Waals surface area contributed by atoms with Crippen molar-refractivity contribution < 1.29 is 21.3 Å². The fourth-order valence-corrected chi connectivity index (χ4v) is 4.02. The fraction of sp³-hybridized carbons (Fsp3) is 0.231. The number of nitrogens with one attached hydrogen (secondary N) is 1. The predicted molar refractivity (Wildman–Crippen MR) is 77.9 cm³/mol. The first-order chi connectivity index (χ1) is 9.81. The van der Waals surface area contributed by atoms with E-state index in [0.29, 0.717) is 0 Å². The summed E-state index contributed by atoms with van der Waals surface area (Å²) in [6.45, 7) is -0.288. The lowest BCUT2D eigenvalue weighted by Gasteiger charge is -2.16. The number of sulfonamides is 1. The van der Waals surface area contributed by atoms with Crippen LogP contribution < -0.4 is 4.72 Å². The fourth-order valence-electron chi connectivity index (χ4n) is 1.84. The van der Waals surface area contributed by atoms with E-state index in [2.05, 4.69) is 4.72 Å². The van der Waals surface area contributed by atoms with Gasteiger partial charge in [0.05, 0.1) is 17.4 Å². The highest BCUT2D eigenvalue weighted by atomic mass is 32.2. The van der Waals surface area contributed by atoms with Gasteiger partial charge in [0, 0.05) is 6.54 Å². The molecule has 21 heavy (non-hydrogen) atoms. The highest BCUT2D eigenvalue weighted by Gasteiger charge is 2.31. The van der Waals surface area contributed by atoms with Crippen molar-refractivity contribution in [2.75, 3.05) is 12.8 Å². The Bertz CT molecular complexity index is 780. The van der Waals surface area contributed by atoms with Gasteiger partial charge in [-0.25, -0.2) is 21.6 Å². The SMILES string of the molecule is CS(=O)(=O)NC[C@H](c1ccco1)S(=O)(=O)c1ccccc1. The Morgan fingerprint density at radius 1 is 1.05 bits per heavy atom. The molecule has 0 saturated carbocycles. The molecule has 2 rings (SSSR count). The molecule has 8 heteroatoms. The number of furan rings is 1. The first kappa shape index (κ1) is 15.7. The molecule has 0 fully saturated rings. The van der Waals surface area contributed by atoms with Crippen molar-refractivity contribution in [3.8, 4) is 0 Å². The molecule has 1 atom stereocenters. The van der Waals surface area contributed by atoms with Gasteiger partial charge in [-0.3, -0.25) is 0 Å². The van der Waals surface area contributed by atoms with Crippen LogP contribution in [0.3, 0.4) is 0 Å². The topological polar surface area (TPSA) is 93.4 Å². The molecule has 1 aromatic heterocycles. The Labute approximate surface area is 123 Å². The Kier molecular flexibility index (Phi) is 4.50. The largest absolute Gasteiger partial charge is 0.468 e. The van der Waals surface area contributed by atoms with Crippen molar-refractivity contribution in [2.24, 2.45) is 0 Å². The molecule has 0 spiro atoms. The Hall–Kier alpha value is -1.64. The summed E-state index contributed by atoms with van der Waals surface area (Å²) in [6.07, 6.45) is 2.32. The predicted octanol–water partition coefficient (Wildman–Crippen LogP) is 1.34. The summed E-state index contributed by atoms with van der Waals surface area (Å²) in [5, 5.41) is -1.12. The minimum absolute atomic E-state index is 0.113. The van der Waals surface area contributed by atoms with Gasteiger partial charge in [-0.05, 0) is 24.3 Å². The average molecular weight is 329 g/mol. The molecular formula is C13H15NO5S2. The standard InChI is InChI=1S/C13H15NO5S2/c1-20(15,16)14-10-13(12-8-5-9-19-12)21(17,18)11-6-3-2-4-7-11/h2-9,13-14H,10H2,1H3/t13-/m1/s1. The Morgan fingerprint density at radius 3 is 2.24 bits per heavy atom. The zero-order chi connectivity index (χ0) is 15.5. The van der Waals surface area contributed by atoms with E-state index in [9.17, 15) is 16.8 Å². The molecule has 0 radical (unpaired) electrons. The van der Waals surface area contributed by atoms with Crippen molar-refractivity contribution in [3.63, 3.8) is 0 Å². The highest BCUT2D eigenvalue weighted by Crippen LogP contribution is 2.28. The van der Waals surface area contributed by atoms with E-state index >= 15 is 0 Å². The smallest absolute Gasteiger partial charge is 0.208 e. The second-order valence-electron chi connectivity index (χ2n) is 4.48. The second kappa shape index (κ2) is 6.00. The van der Waals surface area contributed by atoms with Crippen LogP contribution in [0.15, 0.2) is 58.0 Å². The zero-order valence-electron chi connectivity index (χ0n) is 11.3. The highest BCUT2D eigenvalue weighted by molar-refractivity contribution is 7.92. The maximum Gasteiger partial charge on any atom is 0.208 e. The van der Waals surface area contributed by atoms with E-state index in [1.807, 2.05) is 0 Å². The molecule has 2 aromatic rings. The molecule has 0 saturated heterocycles.